The van der Waals surface area contributed by atoms with Crippen LogP contribution in [0.4, 0.5) is 0 Å². The van der Waals surface area contributed by atoms with E-state index in [1.54, 1.807) is 18.9 Å². The molecule has 0 aromatic heterocycles. The fourth-order valence-electron chi connectivity index (χ4n) is 1.30. The van der Waals surface area contributed by atoms with Gasteiger partial charge < -0.3 is 15.5 Å². The number of nitrogens with zero attached hydrogens (tertiary/aromatic N) is 2. The van der Waals surface area contributed by atoms with Crippen molar-refractivity contribution in [2.75, 3.05) is 26.7 Å². The number of rotatable bonds is 5. The number of carbonyl (C=O) groups excluding carboxylic acids is 2. The Kier molecular flexibility index (Phi) is 5.93. The van der Waals surface area contributed by atoms with Crippen LogP contribution in [0.25, 0.3) is 0 Å². The van der Waals surface area contributed by atoms with E-state index in [4.69, 9.17) is 5.73 Å². The predicted octanol–water partition coefficient (Wildman–Crippen LogP) is -0.340. The van der Waals surface area contributed by atoms with Crippen LogP contribution in [0.2, 0.25) is 0 Å². The van der Waals surface area contributed by atoms with Crippen LogP contribution in [0.5, 0.6) is 0 Å². The summed E-state index contributed by atoms with van der Waals surface area (Å²) in [6.45, 7) is 6.86. The van der Waals surface area contributed by atoms with E-state index >= 15 is 0 Å². The fourth-order valence-corrected chi connectivity index (χ4v) is 1.30. The average molecular weight is 215 g/mol. The van der Waals surface area contributed by atoms with E-state index in [2.05, 4.69) is 0 Å². The maximum absolute atomic E-state index is 11.6. The highest BCUT2D eigenvalue weighted by Crippen LogP contribution is 1.94. The standard InChI is InChI=1S/C10H21N3O2/c1-5-13(6-2)9(14)7-12(4)10(15)8(3)11/h8H,5-7,11H2,1-4H3/t8-/m1/s1. The van der Waals surface area contributed by atoms with Crippen LogP contribution < -0.4 is 5.73 Å². The lowest BCUT2D eigenvalue weighted by molar-refractivity contribution is -0.139. The first-order valence-electron chi connectivity index (χ1n) is 5.22. The van der Waals surface area contributed by atoms with Crippen molar-refractivity contribution < 1.29 is 9.59 Å². The fraction of sp³-hybridized carbons (Fsp3) is 0.800. The van der Waals surface area contributed by atoms with Crippen LogP contribution in [0.15, 0.2) is 0 Å². The minimum absolute atomic E-state index is 0.0449. The van der Waals surface area contributed by atoms with Gasteiger partial charge in [0.05, 0.1) is 12.6 Å². The Morgan fingerprint density at radius 2 is 1.73 bits per heavy atom. The third-order valence-electron chi connectivity index (χ3n) is 2.25. The van der Waals surface area contributed by atoms with Gasteiger partial charge in [-0.25, -0.2) is 0 Å². The topological polar surface area (TPSA) is 66.6 Å². The second kappa shape index (κ2) is 6.40. The Labute approximate surface area is 91.2 Å². The largest absolute Gasteiger partial charge is 0.342 e. The molecule has 1 atom stereocenters. The number of hydrogen-bond acceptors (Lipinski definition) is 3. The van der Waals surface area contributed by atoms with E-state index in [-0.39, 0.29) is 18.4 Å². The summed E-state index contributed by atoms with van der Waals surface area (Å²) in [5, 5.41) is 0. The molecule has 0 aliphatic heterocycles. The van der Waals surface area contributed by atoms with Crippen molar-refractivity contribution in [1.82, 2.24) is 9.80 Å². The van der Waals surface area contributed by atoms with Gasteiger partial charge in [0.15, 0.2) is 0 Å². The minimum atomic E-state index is -0.556. The van der Waals surface area contributed by atoms with Crippen LogP contribution in [0.3, 0.4) is 0 Å². The van der Waals surface area contributed by atoms with Gasteiger partial charge in [0, 0.05) is 20.1 Å². The molecule has 0 fully saturated rings. The predicted molar refractivity (Wildman–Crippen MR) is 59.2 cm³/mol. The molecule has 0 saturated heterocycles. The molecule has 0 rings (SSSR count). The molecular formula is C10H21N3O2. The van der Waals surface area contributed by atoms with Gasteiger partial charge >= 0.3 is 0 Å². The zero-order valence-corrected chi connectivity index (χ0v) is 9.99. The highest BCUT2D eigenvalue weighted by Gasteiger charge is 2.18. The van der Waals surface area contributed by atoms with Crippen LogP contribution in [-0.2, 0) is 9.59 Å². The number of hydrogen-bond donors (Lipinski definition) is 1. The molecule has 5 nitrogen and oxygen atoms in total. The summed E-state index contributed by atoms with van der Waals surface area (Å²) in [6, 6.07) is -0.556. The molecule has 0 aromatic rings. The summed E-state index contributed by atoms with van der Waals surface area (Å²) >= 11 is 0. The first-order valence-corrected chi connectivity index (χ1v) is 5.22. The molecule has 0 aliphatic carbocycles. The van der Waals surface area contributed by atoms with E-state index in [1.807, 2.05) is 13.8 Å². The maximum atomic E-state index is 11.6. The van der Waals surface area contributed by atoms with E-state index in [1.165, 1.54) is 4.90 Å². The van der Waals surface area contributed by atoms with Crippen molar-refractivity contribution in [2.45, 2.75) is 26.8 Å². The van der Waals surface area contributed by atoms with Gasteiger partial charge in [-0.15, -0.1) is 0 Å². The SMILES string of the molecule is CCN(CC)C(=O)CN(C)C(=O)[C@@H](C)N. The van der Waals surface area contributed by atoms with E-state index in [0.717, 1.165) is 0 Å². The Bertz CT molecular complexity index is 225. The molecular weight excluding hydrogens is 194 g/mol. The van der Waals surface area contributed by atoms with Gasteiger partial charge in [0.1, 0.15) is 0 Å². The maximum Gasteiger partial charge on any atom is 0.242 e. The first kappa shape index (κ1) is 13.9. The lowest BCUT2D eigenvalue weighted by atomic mass is 10.3. The van der Waals surface area contributed by atoms with Crippen molar-refractivity contribution in [3.63, 3.8) is 0 Å². The summed E-state index contributed by atoms with van der Waals surface area (Å²) < 4.78 is 0. The average Bonchev–Trinajstić information content (AvgIpc) is 2.18. The van der Waals surface area contributed by atoms with Crippen molar-refractivity contribution in [3.05, 3.63) is 0 Å². The number of carbonyl (C=O) groups is 2. The lowest BCUT2D eigenvalue weighted by Crippen LogP contribution is -2.45. The quantitative estimate of drug-likeness (QED) is 0.682. The monoisotopic (exact) mass is 215 g/mol. The van der Waals surface area contributed by atoms with Crippen LogP contribution in [-0.4, -0.2) is 54.3 Å². The zero-order chi connectivity index (χ0) is 12.0. The normalized spacial score (nSPS) is 12.1. The number of amides is 2. The molecule has 2 amide bonds. The van der Waals surface area contributed by atoms with Gasteiger partial charge in [-0.05, 0) is 20.8 Å². The molecule has 15 heavy (non-hydrogen) atoms. The minimum Gasteiger partial charge on any atom is -0.342 e. The van der Waals surface area contributed by atoms with Crippen molar-refractivity contribution in [2.24, 2.45) is 5.73 Å². The smallest absolute Gasteiger partial charge is 0.242 e. The number of nitrogens with two attached hydrogens (primary N) is 1. The second-order valence-electron chi connectivity index (χ2n) is 3.55. The summed E-state index contributed by atoms with van der Waals surface area (Å²) in [6.07, 6.45) is 0. The van der Waals surface area contributed by atoms with Gasteiger partial charge in [-0.2, -0.15) is 0 Å². The Hall–Kier alpha value is -1.10. The third kappa shape index (κ3) is 4.29. The van der Waals surface area contributed by atoms with Crippen molar-refractivity contribution in [1.29, 1.82) is 0 Å². The van der Waals surface area contributed by atoms with Crippen LogP contribution >= 0.6 is 0 Å². The van der Waals surface area contributed by atoms with E-state index < -0.39 is 6.04 Å². The molecule has 88 valence electrons. The van der Waals surface area contributed by atoms with Crippen molar-refractivity contribution in [3.8, 4) is 0 Å². The molecule has 0 aromatic carbocycles. The summed E-state index contributed by atoms with van der Waals surface area (Å²) in [7, 11) is 1.59. The Balaban J connectivity index is 4.23. The molecule has 0 aliphatic rings. The molecule has 0 unspecified atom stereocenters. The van der Waals surface area contributed by atoms with Gasteiger partial charge in [-0.1, -0.05) is 0 Å². The lowest BCUT2D eigenvalue weighted by Gasteiger charge is -2.24. The molecule has 0 bridgehead atoms. The molecule has 2 N–H and O–H groups in total. The third-order valence-corrected chi connectivity index (χ3v) is 2.25. The molecule has 0 spiro atoms. The van der Waals surface area contributed by atoms with Crippen LogP contribution in [0.1, 0.15) is 20.8 Å². The molecule has 0 heterocycles. The zero-order valence-electron chi connectivity index (χ0n) is 9.99. The summed E-state index contributed by atoms with van der Waals surface area (Å²) in [5.74, 6) is -0.257. The van der Waals surface area contributed by atoms with Crippen molar-refractivity contribution >= 4 is 11.8 Å². The Morgan fingerprint density at radius 3 is 2.07 bits per heavy atom. The van der Waals surface area contributed by atoms with E-state index in [0.29, 0.717) is 13.1 Å². The highest BCUT2D eigenvalue weighted by molar-refractivity contribution is 5.86. The Morgan fingerprint density at radius 1 is 1.27 bits per heavy atom. The van der Waals surface area contributed by atoms with Crippen LogP contribution in [0, 0.1) is 0 Å². The van der Waals surface area contributed by atoms with Gasteiger partial charge in [0.25, 0.3) is 0 Å². The molecule has 0 radical (unpaired) electrons. The van der Waals surface area contributed by atoms with Gasteiger partial charge in [-0.3, -0.25) is 9.59 Å². The van der Waals surface area contributed by atoms with Gasteiger partial charge in [0.2, 0.25) is 11.8 Å². The summed E-state index contributed by atoms with van der Waals surface area (Å²) in [5.41, 5.74) is 5.44. The first-order chi connectivity index (χ1) is 6.93. The highest BCUT2D eigenvalue weighted by atomic mass is 16.2. The molecule has 0 saturated carbocycles. The number of likely N-dealkylation sites (N-methyl/N-ethyl adjacent to an activating group) is 2. The second-order valence-corrected chi connectivity index (χ2v) is 3.55. The summed E-state index contributed by atoms with van der Waals surface area (Å²) in [4.78, 5) is 26.1. The molecule has 5 heteroatoms. The van der Waals surface area contributed by atoms with E-state index in [9.17, 15) is 9.59 Å².